The van der Waals surface area contributed by atoms with Gasteiger partial charge in [0.25, 0.3) is 0 Å². The van der Waals surface area contributed by atoms with Crippen LogP contribution >= 0.6 is 0 Å². The van der Waals surface area contributed by atoms with Crippen LogP contribution in [0.3, 0.4) is 0 Å². The van der Waals surface area contributed by atoms with Crippen molar-refractivity contribution in [2.75, 3.05) is 5.32 Å². The van der Waals surface area contributed by atoms with E-state index < -0.39 is 11.8 Å². The first-order valence-electron chi connectivity index (χ1n) is 7.05. The molecular formula is C16H18FNO3. The number of nitrogens with one attached hydrogen (secondary N) is 1. The number of halogens is 1. The molecule has 1 aliphatic rings. The Morgan fingerprint density at radius 1 is 1.33 bits per heavy atom. The minimum Gasteiger partial charge on any atom is -0.478 e. The van der Waals surface area contributed by atoms with E-state index in [4.69, 9.17) is 5.11 Å². The van der Waals surface area contributed by atoms with Gasteiger partial charge in [0.2, 0.25) is 5.91 Å². The Kier molecular flexibility index (Phi) is 5.09. The zero-order valence-corrected chi connectivity index (χ0v) is 11.6. The molecule has 0 heterocycles. The molecule has 0 aromatic heterocycles. The van der Waals surface area contributed by atoms with E-state index in [0.717, 1.165) is 18.9 Å². The molecule has 0 atom stereocenters. The van der Waals surface area contributed by atoms with Gasteiger partial charge in [-0.05, 0) is 43.0 Å². The molecule has 0 bridgehead atoms. The number of rotatable bonds is 5. The van der Waals surface area contributed by atoms with Gasteiger partial charge in [0.15, 0.2) is 0 Å². The lowest BCUT2D eigenvalue weighted by Gasteiger charge is -2.10. The van der Waals surface area contributed by atoms with Crippen molar-refractivity contribution in [3.8, 4) is 0 Å². The molecule has 1 aliphatic carbocycles. The van der Waals surface area contributed by atoms with E-state index in [9.17, 15) is 14.0 Å². The van der Waals surface area contributed by atoms with Gasteiger partial charge < -0.3 is 10.4 Å². The lowest BCUT2D eigenvalue weighted by molar-refractivity contribution is -0.131. The maximum absolute atomic E-state index is 13.8. The SMILES string of the molecule is O=C(O)C=Cc1ccc(NC(=O)CC2CCCC2)cc1F. The Labute approximate surface area is 122 Å². The maximum Gasteiger partial charge on any atom is 0.328 e. The van der Waals surface area contributed by atoms with Crippen LogP contribution in [0.5, 0.6) is 0 Å². The fourth-order valence-corrected chi connectivity index (χ4v) is 2.59. The van der Waals surface area contributed by atoms with Crippen LogP contribution in [-0.2, 0) is 9.59 Å². The molecule has 0 radical (unpaired) electrons. The van der Waals surface area contributed by atoms with Gasteiger partial charge in [-0.2, -0.15) is 0 Å². The second-order valence-electron chi connectivity index (χ2n) is 5.31. The minimum atomic E-state index is -1.14. The van der Waals surface area contributed by atoms with E-state index in [1.54, 1.807) is 6.07 Å². The summed E-state index contributed by atoms with van der Waals surface area (Å²) in [6.07, 6.45) is 7.05. The standard InChI is InChI=1S/C16H18FNO3/c17-14-10-13(7-5-12(14)6-8-16(20)21)18-15(19)9-11-3-1-2-4-11/h5-8,10-11H,1-4,9H2,(H,18,19)(H,20,21). The van der Waals surface area contributed by atoms with Gasteiger partial charge >= 0.3 is 5.97 Å². The van der Waals surface area contributed by atoms with Crippen molar-refractivity contribution in [2.24, 2.45) is 5.92 Å². The molecular weight excluding hydrogens is 273 g/mol. The number of anilines is 1. The van der Waals surface area contributed by atoms with Crippen molar-refractivity contribution in [1.29, 1.82) is 0 Å². The van der Waals surface area contributed by atoms with Gasteiger partial charge in [-0.25, -0.2) is 9.18 Å². The molecule has 1 aromatic rings. The predicted molar refractivity (Wildman–Crippen MR) is 78.3 cm³/mol. The fourth-order valence-electron chi connectivity index (χ4n) is 2.59. The number of hydrogen-bond acceptors (Lipinski definition) is 2. The number of aliphatic carboxylic acids is 1. The Balaban J connectivity index is 1.96. The van der Waals surface area contributed by atoms with E-state index in [1.165, 1.54) is 31.1 Å². The van der Waals surface area contributed by atoms with Gasteiger partial charge in [-0.1, -0.05) is 12.8 Å². The maximum atomic E-state index is 13.8. The second kappa shape index (κ2) is 7.02. The monoisotopic (exact) mass is 291 g/mol. The molecule has 2 N–H and O–H groups in total. The molecule has 0 saturated heterocycles. The highest BCUT2D eigenvalue weighted by Gasteiger charge is 2.18. The molecule has 2 rings (SSSR count). The number of carboxylic acids is 1. The summed E-state index contributed by atoms with van der Waals surface area (Å²) in [4.78, 5) is 22.2. The van der Waals surface area contributed by atoms with Crippen LogP contribution in [0.2, 0.25) is 0 Å². The summed E-state index contributed by atoms with van der Waals surface area (Å²) in [6.45, 7) is 0. The van der Waals surface area contributed by atoms with Gasteiger partial charge in [0, 0.05) is 23.7 Å². The Morgan fingerprint density at radius 2 is 2.05 bits per heavy atom. The zero-order valence-electron chi connectivity index (χ0n) is 11.6. The van der Waals surface area contributed by atoms with Crippen LogP contribution in [-0.4, -0.2) is 17.0 Å². The molecule has 21 heavy (non-hydrogen) atoms. The summed E-state index contributed by atoms with van der Waals surface area (Å²) in [6, 6.07) is 4.21. The molecule has 1 aromatic carbocycles. The first-order valence-corrected chi connectivity index (χ1v) is 7.05. The Morgan fingerprint density at radius 3 is 2.67 bits per heavy atom. The summed E-state index contributed by atoms with van der Waals surface area (Å²) >= 11 is 0. The summed E-state index contributed by atoms with van der Waals surface area (Å²) in [7, 11) is 0. The Bertz CT molecular complexity index is 563. The Hall–Kier alpha value is -2.17. The largest absolute Gasteiger partial charge is 0.478 e. The van der Waals surface area contributed by atoms with Crippen LogP contribution in [0.1, 0.15) is 37.7 Å². The molecule has 1 saturated carbocycles. The molecule has 0 unspecified atom stereocenters. The summed E-state index contributed by atoms with van der Waals surface area (Å²) in [5.74, 6) is -1.36. The lowest BCUT2D eigenvalue weighted by Crippen LogP contribution is -2.15. The number of benzene rings is 1. The van der Waals surface area contributed by atoms with E-state index in [1.807, 2.05) is 0 Å². The minimum absolute atomic E-state index is 0.102. The zero-order chi connectivity index (χ0) is 15.2. The highest BCUT2D eigenvalue weighted by molar-refractivity contribution is 5.91. The van der Waals surface area contributed by atoms with Crippen LogP contribution in [0.15, 0.2) is 24.3 Å². The first-order chi connectivity index (χ1) is 10.0. The molecule has 1 fully saturated rings. The van der Waals surface area contributed by atoms with E-state index in [-0.39, 0.29) is 11.5 Å². The quantitative estimate of drug-likeness (QED) is 0.817. The van der Waals surface area contributed by atoms with E-state index in [2.05, 4.69) is 5.32 Å². The second-order valence-corrected chi connectivity index (χ2v) is 5.31. The van der Waals surface area contributed by atoms with Crippen molar-refractivity contribution in [3.63, 3.8) is 0 Å². The van der Waals surface area contributed by atoms with Crippen molar-refractivity contribution in [2.45, 2.75) is 32.1 Å². The summed E-state index contributed by atoms with van der Waals surface area (Å²) < 4.78 is 13.8. The van der Waals surface area contributed by atoms with Gasteiger partial charge in [-0.15, -0.1) is 0 Å². The van der Waals surface area contributed by atoms with Crippen LogP contribution < -0.4 is 5.32 Å². The predicted octanol–water partition coefficient (Wildman–Crippen LogP) is 3.44. The molecule has 112 valence electrons. The van der Waals surface area contributed by atoms with Crippen molar-refractivity contribution < 1.29 is 19.1 Å². The molecule has 5 heteroatoms. The van der Waals surface area contributed by atoms with Crippen molar-refractivity contribution in [1.82, 2.24) is 0 Å². The third kappa shape index (κ3) is 4.70. The van der Waals surface area contributed by atoms with Crippen molar-refractivity contribution in [3.05, 3.63) is 35.7 Å². The lowest BCUT2D eigenvalue weighted by atomic mass is 10.0. The topological polar surface area (TPSA) is 66.4 Å². The summed E-state index contributed by atoms with van der Waals surface area (Å²) in [5.41, 5.74) is 0.564. The number of carbonyl (C=O) groups is 2. The van der Waals surface area contributed by atoms with Gasteiger partial charge in [0.1, 0.15) is 5.82 Å². The van der Waals surface area contributed by atoms with Crippen LogP contribution in [0.25, 0.3) is 6.08 Å². The third-order valence-corrected chi connectivity index (χ3v) is 3.64. The number of carboxylic acid groups (broad SMARTS) is 1. The number of hydrogen-bond donors (Lipinski definition) is 2. The van der Waals surface area contributed by atoms with E-state index >= 15 is 0 Å². The number of carbonyl (C=O) groups excluding carboxylic acids is 1. The van der Waals surface area contributed by atoms with E-state index in [0.29, 0.717) is 18.0 Å². The average Bonchev–Trinajstić information content (AvgIpc) is 2.90. The highest BCUT2D eigenvalue weighted by atomic mass is 19.1. The van der Waals surface area contributed by atoms with Gasteiger partial charge in [-0.3, -0.25) is 4.79 Å². The van der Waals surface area contributed by atoms with Crippen molar-refractivity contribution >= 4 is 23.6 Å². The normalized spacial score (nSPS) is 15.5. The molecule has 0 aliphatic heterocycles. The van der Waals surface area contributed by atoms with Crippen LogP contribution in [0.4, 0.5) is 10.1 Å². The third-order valence-electron chi connectivity index (χ3n) is 3.64. The molecule has 1 amide bonds. The summed E-state index contributed by atoms with van der Waals surface area (Å²) in [5, 5.41) is 11.2. The molecule has 4 nitrogen and oxygen atoms in total. The first kappa shape index (κ1) is 15.2. The van der Waals surface area contributed by atoms with Gasteiger partial charge in [0.05, 0.1) is 0 Å². The average molecular weight is 291 g/mol. The number of amides is 1. The fraction of sp³-hybridized carbons (Fsp3) is 0.375. The smallest absolute Gasteiger partial charge is 0.328 e. The molecule has 0 spiro atoms. The van der Waals surface area contributed by atoms with Crippen LogP contribution in [0, 0.1) is 11.7 Å². The highest BCUT2D eigenvalue weighted by Crippen LogP contribution is 2.28.